The Morgan fingerprint density at radius 1 is 0.971 bits per heavy atom. The standard InChI is InChI=1S/C26H30N4O4S/c1-19-13-15-29(16-14-19)26(32)30(18-21-7-10-24(11-8-21)27-20(2)31)28-35(33,34)25-12-9-22-5-3-4-6-23(22)17-25/h3-12,17,19,28H,13-16,18H2,1-2H3,(H,27,31). The minimum absolute atomic E-state index is 0.0397. The predicted molar refractivity (Wildman–Crippen MR) is 136 cm³/mol. The number of urea groups is 1. The highest BCUT2D eigenvalue weighted by molar-refractivity contribution is 7.89. The molecule has 35 heavy (non-hydrogen) atoms. The number of benzene rings is 3. The van der Waals surface area contributed by atoms with Gasteiger partial charge in [-0.3, -0.25) is 4.79 Å². The minimum Gasteiger partial charge on any atom is -0.326 e. The van der Waals surface area contributed by atoms with Crippen LogP contribution < -0.4 is 10.1 Å². The van der Waals surface area contributed by atoms with Gasteiger partial charge in [-0.15, -0.1) is 4.83 Å². The summed E-state index contributed by atoms with van der Waals surface area (Å²) in [4.78, 5) is 29.0. The molecule has 0 radical (unpaired) electrons. The Morgan fingerprint density at radius 2 is 1.63 bits per heavy atom. The van der Waals surface area contributed by atoms with Crippen molar-refractivity contribution in [2.75, 3.05) is 18.4 Å². The zero-order valence-electron chi connectivity index (χ0n) is 19.9. The Kier molecular flexibility index (Phi) is 7.37. The number of hydrazine groups is 1. The molecule has 1 fully saturated rings. The molecular weight excluding hydrogens is 464 g/mol. The summed E-state index contributed by atoms with van der Waals surface area (Å²) in [7, 11) is -4.02. The highest BCUT2D eigenvalue weighted by Gasteiger charge is 2.29. The number of piperidine rings is 1. The van der Waals surface area contributed by atoms with Gasteiger partial charge in [0.1, 0.15) is 0 Å². The molecule has 1 aliphatic rings. The summed E-state index contributed by atoms with van der Waals surface area (Å²) in [5, 5.41) is 5.59. The number of amides is 3. The summed E-state index contributed by atoms with van der Waals surface area (Å²) >= 11 is 0. The van der Waals surface area contributed by atoms with E-state index < -0.39 is 10.0 Å². The van der Waals surface area contributed by atoms with Crippen molar-refractivity contribution in [3.8, 4) is 0 Å². The number of fused-ring (bicyclic) bond motifs is 1. The van der Waals surface area contributed by atoms with Crippen LogP contribution in [0.15, 0.2) is 71.6 Å². The topological polar surface area (TPSA) is 98.8 Å². The maximum absolute atomic E-state index is 13.4. The summed E-state index contributed by atoms with van der Waals surface area (Å²) < 4.78 is 26.6. The maximum atomic E-state index is 13.4. The molecule has 9 heteroatoms. The number of nitrogens with one attached hydrogen (secondary N) is 2. The van der Waals surface area contributed by atoms with Crippen LogP contribution in [0.2, 0.25) is 0 Å². The van der Waals surface area contributed by atoms with E-state index in [0.717, 1.165) is 34.2 Å². The van der Waals surface area contributed by atoms with E-state index in [1.807, 2.05) is 24.3 Å². The average Bonchev–Trinajstić information content (AvgIpc) is 2.84. The molecule has 4 rings (SSSR count). The summed E-state index contributed by atoms with van der Waals surface area (Å²) in [6, 6.07) is 19.0. The van der Waals surface area contributed by atoms with Gasteiger partial charge >= 0.3 is 6.03 Å². The summed E-state index contributed by atoms with van der Waals surface area (Å²) in [6.45, 7) is 4.78. The van der Waals surface area contributed by atoms with E-state index in [-0.39, 0.29) is 23.4 Å². The molecular formula is C26H30N4O4S. The van der Waals surface area contributed by atoms with E-state index in [0.29, 0.717) is 24.7 Å². The van der Waals surface area contributed by atoms with Crippen LogP contribution in [0.4, 0.5) is 10.5 Å². The monoisotopic (exact) mass is 494 g/mol. The molecule has 0 saturated carbocycles. The van der Waals surface area contributed by atoms with Crippen molar-refractivity contribution >= 4 is 38.4 Å². The lowest BCUT2D eigenvalue weighted by molar-refractivity contribution is -0.114. The summed E-state index contributed by atoms with van der Waals surface area (Å²) in [6.07, 6.45) is 1.75. The number of carbonyl (C=O) groups excluding carboxylic acids is 2. The minimum atomic E-state index is -4.02. The molecule has 1 saturated heterocycles. The molecule has 0 spiro atoms. The second-order valence-electron chi connectivity index (χ2n) is 9.02. The van der Waals surface area contributed by atoms with Gasteiger partial charge in [-0.2, -0.15) is 0 Å². The number of rotatable bonds is 6. The lowest BCUT2D eigenvalue weighted by atomic mass is 10.00. The quantitative estimate of drug-likeness (QED) is 0.498. The highest BCUT2D eigenvalue weighted by atomic mass is 32.2. The maximum Gasteiger partial charge on any atom is 0.335 e. The van der Waals surface area contributed by atoms with Gasteiger partial charge in [0.25, 0.3) is 10.0 Å². The molecule has 1 heterocycles. The number of hydrogen-bond acceptors (Lipinski definition) is 4. The molecule has 3 aromatic rings. The number of anilines is 1. The summed E-state index contributed by atoms with van der Waals surface area (Å²) in [5.41, 5.74) is 1.35. The predicted octanol–water partition coefficient (Wildman–Crippen LogP) is 4.35. The Balaban J connectivity index is 1.59. The fraction of sp³-hybridized carbons (Fsp3) is 0.308. The molecule has 2 N–H and O–H groups in total. The first kappa shape index (κ1) is 24.7. The van der Waals surface area contributed by atoms with E-state index in [1.54, 1.807) is 41.3 Å². The van der Waals surface area contributed by atoms with Gasteiger partial charge in [-0.25, -0.2) is 18.2 Å². The van der Waals surface area contributed by atoms with Crippen molar-refractivity contribution in [3.63, 3.8) is 0 Å². The SMILES string of the molecule is CC(=O)Nc1ccc(CN(NS(=O)(=O)c2ccc3ccccc3c2)C(=O)N2CCC(C)CC2)cc1. The van der Waals surface area contributed by atoms with Crippen LogP contribution in [0.3, 0.4) is 0 Å². The Bertz CT molecular complexity index is 1320. The lowest BCUT2D eigenvalue weighted by Gasteiger charge is -2.34. The largest absolute Gasteiger partial charge is 0.335 e. The third-order valence-corrected chi connectivity index (χ3v) is 7.50. The number of nitrogens with zero attached hydrogens (tertiary/aromatic N) is 2. The van der Waals surface area contributed by atoms with Crippen LogP contribution in [0.5, 0.6) is 0 Å². The van der Waals surface area contributed by atoms with Crippen LogP contribution in [0.1, 0.15) is 32.3 Å². The first-order valence-electron chi connectivity index (χ1n) is 11.7. The van der Waals surface area contributed by atoms with Crippen molar-refractivity contribution in [2.45, 2.75) is 38.1 Å². The van der Waals surface area contributed by atoms with Crippen LogP contribution in [0, 0.1) is 5.92 Å². The molecule has 0 aromatic heterocycles. The van der Waals surface area contributed by atoms with Gasteiger partial charge in [0.15, 0.2) is 0 Å². The van der Waals surface area contributed by atoms with E-state index in [4.69, 9.17) is 0 Å². The number of likely N-dealkylation sites (tertiary alicyclic amines) is 1. The third-order valence-electron chi connectivity index (χ3n) is 6.16. The van der Waals surface area contributed by atoms with Crippen molar-refractivity contribution < 1.29 is 18.0 Å². The zero-order valence-corrected chi connectivity index (χ0v) is 20.7. The van der Waals surface area contributed by atoms with E-state index in [1.165, 1.54) is 13.0 Å². The average molecular weight is 495 g/mol. The smallest absolute Gasteiger partial charge is 0.326 e. The van der Waals surface area contributed by atoms with E-state index in [2.05, 4.69) is 17.1 Å². The molecule has 3 amide bonds. The normalized spacial score (nSPS) is 14.6. The number of sulfonamides is 1. The zero-order chi connectivity index (χ0) is 25.0. The number of hydrogen-bond donors (Lipinski definition) is 2. The third kappa shape index (κ3) is 6.17. The van der Waals surface area contributed by atoms with Crippen molar-refractivity contribution in [1.29, 1.82) is 0 Å². The Hall–Kier alpha value is -3.43. The molecule has 184 valence electrons. The molecule has 8 nitrogen and oxygen atoms in total. The van der Waals surface area contributed by atoms with Gasteiger partial charge in [-0.05, 0) is 59.4 Å². The molecule has 1 aliphatic heterocycles. The van der Waals surface area contributed by atoms with E-state index >= 15 is 0 Å². The first-order valence-corrected chi connectivity index (χ1v) is 13.1. The van der Waals surface area contributed by atoms with Crippen molar-refractivity contribution in [3.05, 3.63) is 72.3 Å². The fourth-order valence-electron chi connectivity index (χ4n) is 4.12. The molecule has 0 bridgehead atoms. The molecule has 0 atom stereocenters. The molecule has 0 unspecified atom stereocenters. The Labute approximate surface area is 205 Å². The lowest BCUT2D eigenvalue weighted by Crippen LogP contribution is -2.53. The van der Waals surface area contributed by atoms with Gasteiger partial charge in [-0.1, -0.05) is 49.4 Å². The van der Waals surface area contributed by atoms with Gasteiger partial charge in [0.05, 0.1) is 11.4 Å². The van der Waals surface area contributed by atoms with Crippen molar-refractivity contribution in [1.82, 2.24) is 14.7 Å². The van der Waals surface area contributed by atoms with E-state index in [9.17, 15) is 18.0 Å². The second-order valence-corrected chi connectivity index (χ2v) is 10.7. The van der Waals surface area contributed by atoms with Crippen LogP contribution in [0.25, 0.3) is 10.8 Å². The van der Waals surface area contributed by atoms with Crippen LogP contribution in [-0.2, 0) is 21.4 Å². The summed E-state index contributed by atoms with van der Waals surface area (Å²) in [5.74, 6) is 0.347. The van der Waals surface area contributed by atoms with Gasteiger partial charge in [0, 0.05) is 25.7 Å². The fourth-order valence-corrected chi connectivity index (χ4v) is 5.19. The molecule has 3 aromatic carbocycles. The number of carbonyl (C=O) groups is 2. The van der Waals surface area contributed by atoms with Gasteiger partial charge < -0.3 is 10.2 Å². The Morgan fingerprint density at radius 3 is 2.29 bits per heavy atom. The molecule has 0 aliphatic carbocycles. The second kappa shape index (κ2) is 10.5. The van der Waals surface area contributed by atoms with Crippen LogP contribution >= 0.6 is 0 Å². The van der Waals surface area contributed by atoms with Crippen LogP contribution in [-0.4, -0.2) is 43.4 Å². The first-order chi connectivity index (χ1) is 16.7. The van der Waals surface area contributed by atoms with Crippen molar-refractivity contribution in [2.24, 2.45) is 5.92 Å². The highest BCUT2D eigenvalue weighted by Crippen LogP contribution is 2.21. The van der Waals surface area contributed by atoms with Gasteiger partial charge in [0.2, 0.25) is 5.91 Å².